The molecule has 1 fully saturated rings. The highest BCUT2D eigenvalue weighted by Crippen LogP contribution is 2.38. The number of nitrogens with zero attached hydrogens (tertiary/aromatic N) is 3. The summed E-state index contributed by atoms with van der Waals surface area (Å²) >= 11 is 0. The highest BCUT2D eigenvalue weighted by Gasteiger charge is 2.27. The van der Waals surface area contributed by atoms with Crippen molar-refractivity contribution in [3.63, 3.8) is 0 Å². The van der Waals surface area contributed by atoms with Crippen LogP contribution in [0.4, 0.5) is 0 Å². The van der Waals surface area contributed by atoms with E-state index in [2.05, 4.69) is 15.1 Å². The molecule has 3 rings (SSSR count). The van der Waals surface area contributed by atoms with Gasteiger partial charge in [-0.05, 0) is 12.8 Å². The molecule has 78 valence electrons. The number of carboxylic acid groups (broad SMARTS) is 1. The zero-order valence-corrected chi connectivity index (χ0v) is 7.97. The molecule has 0 unspecified atom stereocenters. The van der Waals surface area contributed by atoms with Gasteiger partial charge in [0.2, 0.25) is 0 Å². The van der Waals surface area contributed by atoms with E-state index in [0.29, 0.717) is 17.4 Å². The fraction of sp³-hybridized carbons (Fsp3) is 0.444. The Hall–Kier alpha value is -1.85. The lowest BCUT2D eigenvalue weighted by atomic mass is 10.3. The third-order valence-corrected chi connectivity index (χ3v) is 2.49. The number of hydrogen-bond donors (Lipinski definition) is 2. The molecule has 0 radical (unpaired) electrons. The lowest BCUT2D eigenvalue weighted by molar-refractivity contribution is -0.136. The Kier molecular flexibility index (Phi) is 1.59. The zero-order chi connectivity index (χ0) is 10.4. The number of H-pyrrole nitrogens is 1. The number of rotatable bonds is 3. The molecule has 0 atom stereocenters. The van der Waals surface area contributed by atoms with E-state index in [-0.39, 0.29) is 6.42 Å². The minimum absolute atomic E-state index is 0.0596. The molecule has 0 saturated heterocycles. The van der Waals surface area contributed by atoms with Gasteiger partial charge in [0.25, 0.3) is 5.78 Å². The molecular weight excluding hydrogens is 196 g/mol. The van der Waals surface area contributed by atoms with Crippen molar-refractivity contribution in [3.8, 4) is 0 Å². The molecule has 0 spiro atoms. The van der Waals surface area contributed by atoms with E-state index in [1.54, 1.807) is 10.7 Å². The first-order chi connectivity index (χ1) is 7.22. The molecule has 0 amide bonds. The van der Waals surface area contributed by atoms with Gasteiger partial charge in [-0.25, -0.2) is 9.50 Å². The molecule has 1 saturated carbocycles. The molecule has 15 heavy (non-hydrogen) atoms. The van der Waals surface area contributed by atoms with Crippen molar-refractivity contribution in [2.24, 2.45) is 0 Å². The summed E-state index contributed by atoms with van der Waals surface area (Å²) in [5, 5.41) is 11.7. The summed E-state index contributed by atoms with van der Waals surface area (Å²) in [4.78, 5) is 18.9. The van der Waals surface area contributed by atoms with Gasteiger partial charge >= 0.3 is 5.97 Å². The van der Waals surface area contributed by atoms with Crippen LogP contribution in [0.1, 0.15) is 30.3 Å². The van der Waals surface area contributed by atoms with Crippen LogP contribution < -0.4 is 0 Å². The topological polar surface area (TPSA) is 83.3 Å². The van der Waals surface area contributed by atoms with Crippen LogP contribution in [0.25, 0.3) is 5.78 Å². The summed E-state index contributed by atoms with van der Waals surface area (Å²) in [6.45, 7) is 0. The van der Waals surface area contributed by atoms with Crippen LogP contribution in [0.5, 0.6) is 0 Å². The van der Waals surface area contributed by atoms with Crippen molar-refractivity contribution < 1.29 is 9.90 Å². The molecule has 2 heterocycles. The number of fused-ring (bicyclic) bond motifs is 1. The number of aliphatic carboxylic acids is 1. The van der Waals surface area contributed by atoms with E-state index < -0.39 is 5.97 Å². The first kappa shape index (κ1) is 8.46. The molecule has 2 N–H and O–H groups in total. The van der Waals surface area contributed by atoms with Crippen molar-refractivity contribution in [1.82, 2.24) is 19.6 Å². The monoisotopic (exact) mass is 206 g/mol. The SMILES string of the molecule is O=C(O)Cc1cn2[nH]c(C3CC3)nc2n1. The van der Waals surface area contributed by atoms with Gasteiger partial charge in [-0.3, -0.25) is 9.89 Å². The van der Waals surface area contributed by atoms with Gasteiger partial charge in [-0.15, -0.1) is 0 Å². The van der Waals surface area contributed by atoms with Crippen molar-refractivity contribution in [2.75, 3.05) is 0 Å². The number of imidazole rings is 1. The maximum Gasteiger partial charge on any atom is 0.309 e. The first-order valence-corrected chi connectivity index (χ1v) is 4.88. The van der Waals surface area contributed by atoms with E-state index >= 15 is 0 Å². The van der Waals surface area contributed by atoms with Crippen LogP contribution >= 0.6 is 0 Å². The fourth-order valence-electron chi connectivity index (χ4n) is 1.61. The quantitative estimate of drug-likeness (QED) is 0.768. The van der Waals surface area contributed by atoms with Gasteiger partial charge in [-0.2, -0.15) is 4.98 Å². The van der Waals surface area contributed by atoms with Crippen LogP contribution in [-0.2, 0) is 11.2 Å². The second kappa shape index (κ2) is 2.82. The molecule has 1 aliphatic carbocycles. The normalized spacial score (nSPS) is 16.0. The molecular formula is C9H10N4O2. The van der Waals surface area contributed by atoms with Gasteiger partial charge in [-0.1, -0.05) is 0 Å². The third-order valence-electron chi connectivity index (χ3n) is 2.49. The number of carboxylic acids is 1. The largest absolute Gasteiger partial charge is 0.481 e. The highest BCUT2D eigenvalue weighted by atomic mass is 16.4. The Labute approximate surface area is 84.9 Å². The molecule has 6 heteroatoms. The standard InChI is InChI=1S/C9H10N4O2/c14-7(15)3-6-4-13-9(10-6)11-8(12-13)5-1-2-5/h4-5H,1-3H2,(H,14,15)(H,10,11,12). The summed E-state index contributed by atoms with van der Waals surface area (Å²) in [7, 11) is 0. The van der Waals surface area contributed by atoms with E-state index in [4.69, 9.17) is 5.11 Å². The molecule has 0 aromatic carbocycles. The lowest BCUT2D eigenvalue weighted by Gasteiger charge is -1.88. The molecule has 0 bridgehead atoms. The predicted molar refractivity (Wildman–Crippen MR) is 50.7 cm³/mol. The molecule has 2 aromatic rings. The second-order valence-corrected chi connectivity index (χ2v) is 3.86. The number of aromatic nitrogens is 4. The average Bonchev–Trinajstić information content (AvgIpc) is 2.81. The Morgan fingerprint density at radius 3 is 3.00 bits per heavy atom. The minimum Gasteiger partial charge on any atom is -0.481 e. The van der Waals surface area contributed by atoms with Crippen LogP contribution in [-0.4, -0.2) is 30.7 Å². The Bertz CT molecular complexity index is 492. The van der Waals surface area contributed by atoms with Crippen LogP contribution in [0.3, 0.4) is 0 Å². The summed E-state index contributed by atoms with van der Waals surface area (Å²) in [5.41, 5.74) is 0.531. The maximum atomic E-state index is 10.5. The summed E-state index contributed by atoms with van der Waals surface area (Å²) in [6.07, 6.45) is 3.98. The summed E-state index contributed by atoms with van der Waals surface area (Å²) in [6, 6.07) is 0. The molecule has 2 aromatic heterocycles. The third kappa shape index (κ3) is 1.47. The second-order valence-electron chi connectivity index (χ2n) is 3.86. The molecule has 6 nitrogen and oxygen atoms in total. The van der Waals surface area contributed by atoms with E-state index in [1.165, 1.54) is 12.8 Å². The number of hydrogen-bond acceptors (Lipinski definition) is 3. The minimum atomic E-state index is -0.877. The molecule has 0 aliphatic heterocycles. The van der Waals surface area contributed by atoms with E-state index in [0.717, 1.165) is 5.82 Å². The fourth-order valence-corrected chi connectivity index (χ4v) is 1.61. The summed E-state index contributed by atoms with van der Waals surface area (Å²) in [5.74, 6) is 1.19. The zero-order valence-electron chi connectivity index (χ0n) is 7.97. The van der Waals surface area contributed by atoms with Gasteiger partial charge in [0.15, 0.2) is 0 Å². The van der Waals surface area contributed by atoms with Gasteiger partial charge < -0.3 is 5.11 Å². The maximum absolute atomic E-state index is 10.5. The van der Waals surface area contributed by atoms with Crippen molar-refractivity contribution in [3.05, 3.63) is 17.7 Å². The Morgan fingerprint density at radius 1 is 1.60 bits per heavy atom. The van der Waals surface area contributed by atoms with Gasteiger partial charge in [0.05, 0.1) is 18.3 Å². The van der Waals surface area contributed by atoms with Crippen LogP contribution in [0.2, 0.25) is 0 Å². The van der Waals surface area contributed by atoms with Crippen molar-refractivity contribution in [2.45, 2.75) is 25.2 Å². The van der Waals surface area contributed by atoms with E-state index in [1.807, 2.05) is 0 Å². The summed E-state index contributed by atoms with van der Waals surface area (Å²) < 4.78 is 1.69. The van der Waals surface area contributed by atoms with Crippen LogP contribution in [0.15, 0.2) is 6.20 Å². The van der Waals surface area contributed by atoms with E-state index in [9.17, 15) is 4.79 Å². The average molecular weight is 206 g/mol. The number of nitrogens with one attached hydrogen (secondary N) is 1. The highest BCUT2D eigenvalue weighted by molar-refractivity contribution is 5.69. The predicted octanol–water partition coefficient (Wildman–Crippen LogP) is 0.562. The number of aromatic amines is 1. The first-order valence-electron chi connectivity index (χ1n) is 4.88. The Morgan fingerprint density at radius 2 is 2.40 bits per heavy atom. The van der Waals surface area contributed by atoms with Crippen molar-refractivity contribution >= 4 is 11.7 Å². The van der Waals surface area contributed by atoms with Gasteiger partial charge in [0.1, 0.15) is 5.82 Å². The lowest BCUT2D eigenvalue weighted by Crippen LogP contribution is -2.00. The van der Waals surface area contributed by atoms with Crippen molar-refractivity contribution in [1.29, 1.82) is 0 Å². The molecule has 1 aliphatic rings. The van der Waals surface area contributed by atoms with Crippen LogP contribution in [0, 0.1) is 0 Å². The smallest absolute Gasteiger partial charge is 0.309 e. The van der Waals surface area contributed by atoms with Gasteiger partial charge in [0, 0.05) is 5.92 Å². The number of carbonyl (C=O) groups is 1. The Balaban J connectivity index is 1.94.